The fraction of sp³-hybridized carbons (Fsp3) is 0.250. The molecule has 0 bridgehead atoms. The van der Waals surface area contributed by atoms with E-state index in [0.29, 0.717) is 29.2 Å². The van der Waals surface area contributed by atoms with Gasteiger partial charge < -0.3 is 9.84 Å². The van der Waals surface area contributed by atoms with E-state index in [-0.39, 0.29) is 6.42 Å². The first-order chi connectivity index (χ1) is 17.4. The van der Waals surface area contributed by atoms with Crippen LogP contribution in [0.1, 0.15) is 24.1 Å². The van der Waals surface area contributed by atoms with Gasteiger partial charge in [-0.15, -0.1) is 0 Å². The summed E-state index contributed by atoms with van der Waals surface area (Å²) >= 11 is 0. The van der Waals surface area contributed by atoms with Crippen LogP contribution in [0.2, 0.25) is 0 Å². The highest BCUT2D eigenvalue weighted by Gasteiger charge is 2.68. The highest BCUT2D eigenvalue weighted by atomic mass is 19.1. The summed E-state index contributed by atoms with van der Waals surface area (Å²) in [6.07, 6.45) is -0.00181. The fourth-order valence-corrected chi connectivity index (χ4v) is 5.42. The molecule has 2 fully saturated rings. The number of ether oxygens (including phenoxy) is 1. The van der Waals surface area contributed by atoms with Crippen molar-refractivity contribution in [3.63, 3.8) is 0 Å². The summed E-state index contributed by atoms with van der Waals surface area (Å²) < 4.78 is 19.1. The molecule has 8 heteroatoms. The lowest BCUT2D eigenvalue weighted by Crippen LogP contribution is -2.57. The zero-order valence-electron chi connectivity index (χ0n) is 19.6. The summed E-state index contributed by atoms with van der Waals surface area (Å²) in [5.74, 6) is -4.29. The Morgan fingerprint density at radius 2 is 1.67 bits per heavy atom. The summed E-state index contributed by atoms with van der Waals surface area (Å²) in [4.78, 5) is 41.6. The maximum absolute atomic E-state index is 13.9. The Kier molecular flexibility index (Phi) is 6.05. The number of nitrogens with one attached hydrogen (secondary N) is 1. The van der Waals surface area contributed by atoms with Crippen molar-refractivity contribution in [2.24, 2.45) is 11.8 Å². The number of carboxylic acid groups (broad SMARTS) is 1. The minimum atomic E-state index is -1.74. The number of halogens is 1. The largest absolute Gasteiger partial charge is 0.494 e. The molecule has 36 heavy (non-hydrogen) atoms. The highest BCUT2D eigenvalue weighted by Crippen LogP contribution is 2.51. The second-order valence-corrected chi connectivity index (χ2v) is 9.05. The zero-order chi connectivity index (χ0) is 25.4. The molecule has 2 saturated heterocycles. The van der Waals surface area contributed by atoms with E-state index in [2.05, 4.69) is 5.32 Å². The topological polar surface area (TPSA) is 95.9 Å². The Hall–Kier alpha value is -4.04. The van der Waals surface area contributed by atoms with Gasteiger partial charge in [-0.2, -0.15) is 0 Å². The van der Waals surface area contributed by atoms with E-state index in [1.54, 1.807) is 48.5 Å². The van der Waals surface area contributed by atoms with E-state index in [4.69, 9.17) is 4.74 Å². The van der Waals surface area contributed by atoms with Gasteiger partial charge in [-0.1, -0.05) is 42.5 Å². The van der Waals surface area contributed by atoms with Crippen LogP contribution < -0.4 is 15.0 Å². The van der Waals surface area contributed by atoms with Crippen LogP contribution in [-0.2, 0) is 20.8 Å². The normalized spacial score (nSPS) is 25.2. The Bertz CT molecular complexity index is 1300. The van der Waals surface area contributed by atoms with Gasteiger partial charge in [0.15, 0.2) is 0 Å². The molecule has 2 aliphatic rings. The molecule has 3 aromatic carbocycles. The van der Waals surface area contributed by atoms with Crippen molar-refractivity contribution in [3.05, 3.63) is 95.8 Å². The van der Waals surface area contributed by atoms with Crippen molar-refractivity contribution >= 4 is 23.5 Å². The quantitative estimate of drug-likeness (QED) is 0.492. The molecule has 5 rings (SSSR count). The van der Waals surface area contributed by atoms with Crippen LogP contribution >= 0.6 is 0 Å². The monoisotopic (exact) mass is 488 g/mol. The number of hydrogen-bond acceptors (Lipinski definition) is 5. The van der Waals surface area contributed by atoms with E-state index in [0.717, 1.165) is 4.90 Å². The lowest BCUT2D eigenvalue weighted by molar-refractivity contribution is -0.148. The van der Waals surface area contributed by atoms with Crippen LogP contribution in [0.15, 0.2) is 78.9 Å². The number of rotatable bonds is 7. The molecule has 4 atom stereocenters. The summed E-state index contributed by atoms with van der Waals surface area (Å²) in [6.45, 7) is 2.32. The van der Waals surface area contributed by atoms with Gasteiger partial charge in [-0.25, -0.2) is 9.29 Å². The lowest BCUT2D eigenvalue weighted by Gasteiger charge is -2.31. The van der Waals surface area contributed by atoms with Gasteiger partial charge in [-0.05, 0) is 54.4 Å². The molecule has 2 N–H and O–H groups in total. The number of fused-ring (bicyclic) bond motifs is 1. The van der Waals surface area contributed by atoms with Crippen molar-refractivity contribution in [1.29, 1.82) is 0 Å². The summed E-state index contributed by atoms with van der Waals surface area (Å²) in [7, 11) is 0. The van der Waals surface area contributed by atoms with Gasteiger partial charge in [0.1, 0.15) is 17.1 Å². The summed E-state index contributed by atoms with van der Waals surface area (Å²) in [6, 6.07) is 20.3. The Morgan fingerprint density at radius 3 is 2.28 bits per heavy atom. The van der Waals surface area contributed by atoms with Crippen LogP contribution in [0.3, 0.4) is 0 Å². The zero-order valence-corrected chi connectivity index (χ0v) is 19.6. The predicted octanol–water partition coefficient (Wildman–Crippen LogP) is 3.74. The standard InChI is InChI=1S/C28H25FN2O5/c1-2-36-21-14-12-20(13-15-21)31-25(32)22-23(26(31)33)28(27(34)35,16-17-6-4-3-5-7-17)30-24(22)18-8-10-19(29)11-9-18/h3-15,22-24,30H,2,16H2,1H3,(H,34,35)/t22-,23+,24-,28-/m0/s1. The van der Waals surface area contributed by atoms with Crippen LogP contribution in [0.4, 0.5) is 10.1 Å². The van der Waals surface area contributed by atoms with Crippen LogP contribution in [0.5, 0.6) is 5.75 Å². The first-order valence-electron chi connectivity index (χ1n) is 11.8. The van der Waals surface area contributed by atoms with E-state index in [1.807, 2.05) is 13.0 Å². The molecule has 0 spiro atoms. The maximum atomic E-state index is 13.9. The van der Waals surface area contributed by atoms with Crippen molar-refractivity contribution in [2.75, 3.05) is 11.5 Å². The first-order valence-corrected chi connectivity index (χ1v) is 11.8. The highest BCUT2D eigenvalue weighted by molar-refractivity contribution is 6.24. The molecular weight excluding hydrogens is 463 g/mol. The number of imide groups is 1. The fourth-order valence-electron chi connectivity index (χ4n) is 5.42. The Balaban J connectivity index is 1.61. The van der Waals surface area contributed by atoms with E-state index in [1.165, 1.54) is 24.3 Å². The van der Waals surface area contributed by atoms with Gasteiger partial charge in [0.2, 0.25) is 11.8 Å². The number of carbonyl (C=O) groups excluding carboxylic acids is 2. The lowest BCUT2D eigenvalue weighted by atomic mass is 9.76. The molecule has 0 radical (unpaired) electrons. The number of hydrogen-bond donors (Lipinski definition) is 2. The third-order valence-electron chi connectivity index (χ3n) is 7.00. The van der Waals surface area contributed by atoms with Crippen LogP contribution in [0.25, 0.3) is 0 Å². The van der Waals surface area contributed by atoms with E-state index in [9.17, 15) is 23.9 Å². The number of carboxylic acids is 1. The predicted molar refractivity (Wildman–Crippen MR) is 130 cm³/mol. The number of nitrogens with zero attached hydrogens (tertiary/aromatic N) is 1. The smallest absolute Gasteiger partial charge is 0.325 e. The Labute approximate surface area is 207 Å². The summed E-state index contributed by atoms with van der Waals surface area (Å²) in [5, 5.41) is 13.7. The molecule has 7 nitrogen and oxygen atoms in total. The number of amides is 2. The Morgan fingerprint density at radius 1 is 1.00 bits per heavy atom. The molecule has 2 aliphatic heterocycles. The average molecular weight is 489 g/mol. The third kappa shape index (κ3) is 3.83. The molecule has 0 aliphatic carbocycles. The van der Waals surface area contributed by atoms with Crippen molar-refractivity contribution in [1.82, 2.24) is 5.32 Å². The molecule has 184 valence electrons. The number of benzene rings is 3. The number of carbonyl (C=O) groups is 3. The van der Waals surface area contributed by atoms with Gasteiger partial charge in [0, 0.05) is 12.5 Å². The van der Waals surface area contributed by atoms with Crippen molar-refractivity contribution in [2.45, 2.75) is 24.9 Å². The minimum absolute atomic E-state index is 0.00181. The second kappa shape index (κ2) is 9.20. The van der Waals surface area contributed by atoms with E-state index >= 15 is 0 Å². The number of aliphatic carboxylic acids is 1. The van der Waals surface area contributed by atoms with Gasteiger partial charge in [-0.3, -0.25) is 19.7 Å². The van der Waals surface area contributed by atoms with E-state index < -0.39 is 47.0 Å². The molecule has 2 amide bonds. The maximum Gasteiger partial charge on any atom is 0.325 e. The minimum Gasteiger partial charge on any atom is -0.494 e. The average Bonchev–Trinajstić information content (AvgIpc) is 3.35. The van der Waals surface area contributed by atoms with Crippen LogP contribution in [-0.4, -0.2) is 35.0 Å². The van der Waals surface area contributed by atoms with Crippen molar-refractivity contribution in [3.8, 4) is 5.75 Å². The molecule has 2 heterocycles. The first kappa shape index (κ1) is 23.7. The van der Waals surface area contributed by atoms with Crippen molar-refractivity contribution < 1.29 is 28.6 Å². The summed E-state index contributed by atoms with van der Waals surface area (Å²) in [5.41, 5.74) is -0.139. The molecular formula is C28H25FN2O5. The molecule has 0 saturated carbocycles. The van der Waals surface area contributed by atoms with Crippen LogP contribution in [0, 0.1) is 17.7 Å². The van der Waals surface area contributed by atoms with Gasteiger partial charge >= 0.3 is 5.97 Å². The number of anilines is 1. The second-order valence-electron chi connectivity index (χ2n) is 9.05. The SMILES string of the molecule is CCOc1ccc(N2C(=O)[C@@H]3[C@H](c4ccc(F)cc4)N[C@](Cc4ccccc4)(C(=O)O)[C@H]3C2=O)cc1. The third-order valence-corrected chi connectivity index (χ3v) is 7.00. The van der Waals surface area contributed by atoms with Gasteiger partial charge in [0.05, 0.1) is 24.1 Å². The van der Waals surface area contributed by atoms with Gasteiger partial charge in [0.25, 0.3) is 0 Å². The molecule has 0 aromatic heterocycles. The molecule has 3 aromatic rings. The molecule has 0 unspecified atom stereocenters.